The predicted molar refractivity (Wildman–Crippen MR) is 45.4 cm³/mol. The van der Waals surface area contributed by atoms with Gasteiger partial charge >= 0.3 is 0 Å². The molecule has 11 heavy (non-hydrogen) atoms. The number of benzene rings is 1. The molecule has 0 atom stereocenters. The van der Waals surface area contributed by atoms with Crippen molar-refractivity contribution in [1.29, 1.82) is 0 Å². The summed E-state index contributed by atoms with van der Waals surface area (Å²) >= 11 is 0. The summed E-state index contributed by atoms with van der Waals surface area (Å²) in [5.74, 6) is 0. The van der Waals surface area contributed by atoms with Gasteiger partial charge in [0, 0.05) is 18.3 Å². The third-order valence-corrected chi connectivity index (χ3v) is 1.88. The van der Waals surface area contributed by atoms with Crippen LogP contribution in [0.15, 0.2) is 30.5 Å². The molecule has 1 aromatic carbocycles. The Labute approximate surface area is 65.7 Å². The van der Waals surface area contributed by atoms with Crippen molar-refractivity contribution in [2.45, 2.75) is 6.54 Å². The van der Waals surface area contributed by atoms with Crippen molar-refractivity contribution in [3.05, 3.63) is 41.6 Å². The molecule has 2 nitrogen and oxygen atoms in total. The summed E-state index contributed by atoms with van der Waals surface area (Å²) in [6, 6.07) is 8.16. The lowest BCUT2D eigenvalue weighted by atomic mass is 10.0. The smallest absolute Gasteiger partial charge is 0.0550 e. The summed E-state index contributed by atoms with van der Waals surface area (Å²) in [5.41, 5.74) is 9.00. The average molecular weight is 146 g/mol. The number of rotatable bonds is 0. The van der Waals surface area contributed by atoms with Crippen LogP contribution >= 0.6 is 0 Å². The van der Waals surface area contributed by atoms with Crippen LogP contribution in [0.1, 0.15) is 11.1 Å². The van der Waals surface area contributed by atoms with Gasteiger partial charge in [-0.15, -0.1) is 0 Å². The topological polar surface area (TPSA) is 38.0 Å². The Morgan fingerprint density at radius 2 is 2.09 bits per heavy atom. The molecule has 1 aromatic rings. The highest BCUT2D eigenvalue weighted by atomic mass is 14.9. The first kappa shape index (κ1) is 6.28. The number of hydrogen-bond acceptors (Lipinski definition) is 2. The fourth-order valence-electron chi connectivity index (χ4n) is 1.30. The van der Waals surface area contributed by atoms with Crippen LogP contribution in [0.2, 0.25) is 0 Å². The summed E-state index contributed by atoms with van der Waals surface area (Å²) in [6.07, 6.45) is 1.85. The fourth-order valence-corrected chi connectivity index (χ4v) is 1.30. The lowest BCUT2D eigenvalue weighted by Gasteiger charge is -2.15. The Kier molecular flexibility index (Phi) is 1.32. The summed E-state index contributed by atoms with van der Waals surface area (Å²) in [6.45, 7) is 0.886. The maximum atomic E-state index is 5.74. The Balaban J connectivity index is 2.56. The summed E-state index contributed by atoms with van der Waals surface area (Å²) < 4.78 is 0. The number of nitrogens with two attached hydrogens (primary N) is 1. The van der Waals surface area contributed by atoms with Crippen molar-refractivity contribution >= 4 is 5.70 Å². The highest BCUT2D eigenvalue weighted by molar-refractivity contribution is 5.66. The molecule has 0 spiro atoms. The number of hydrogen-bond donors (Lipinski definition) is 2. The summed E-state index contributed by atoms with van der Waals surface area (Å²) in [7, 11) is 0. The lowest BCUT2D eigenvalue weighted by Crippen LogP contribution is -2.16. The number of nitrogens with one attached hydrogen (secondary N) is 1. The lowest BCUT2D eigenvalue weighted by molar-refractivity contribution is 0.850. The van der Waals surface area contributed by atoms with E-state index in [0.29, 0.717) is 0 Å². The zero-order valence-electron chi connectivity index (χ0n) is 6.17. The Hall–Kier alpha value is -1.44. The van der Waals surface area contributed by atoms with E-state index in [1.165, 1.54) is 5.56 Å². The van der Waals surface area contributed by atoms with Gasteiger partial charge < -0.3 is 11.1 Å². The third-order valence-electron chi connectivity index (χ3n) is 1.88. The van der Waals surface area contributed by atoms with Crippen LogP contribution in [0.3, 0.4) is 0 Å². The Morgan fingerprint density at radius 3 is 2.91 bits per heavy atom. The molecule has 0 bridgehead atoms. The molecule has 1 aliphatic rings. The first-order valence-electron chi connectivity index (χ1n) is 3.65. The van der Waals surface area contributed by atoms with Crippen molar-refractivity contribution in [2.75, 3.05) is 0 Å². The quantitative estimate of drug-likeness (QED) is 0.574. The van der Waals surface area contributed by atoms with Gasteiger partial charge in [-0.1, -0.05) is 24.3 Å². The maximum Gasteiger partial charge on any atom is 0.0550 e. The minimum absolute atomic E-state index is 0.826. The van der Waals surface area contributed by atoms with Crippen molar-refractivity contribution in [2.24, 2.45) is 5.73 Å². The maximum absolute atomic E-state index is 5.74. The molecule has 3 N–H and O–H groups in total. The molecule has 2 heteroatoms. The monoisotopic (exact) mass is 146 g/mol. The van der Waals surface area contributed by atoms with Crippen LogP contribution in [0.5, 0.6) is 0 Å². The van der Waals surface area contributed by atoms with Gasteiger partial charge in [0.25, 0.3) is 0 Å². The van der Waals surface area contributed by atoms with Gasteiger partial charge in [-0.25, -0.2) is 0 Å². The molecule has 0 saturated heterocycles. The van der Waals surface area contributed by atoms with Gasteiger partial charge in [-0.05, 0) is 5.56 Å². The van der Waals surface area contributed by atoms with Crippen molar-refractivity contribution < 1.29 is 0 Å². The first-order valence-corrected chi connectivity index (χ1v) is 3.65. The van der Waals surface area contributed by atoms with Crippen molar-refractivity contribution in [3.8, 4) is 0 Å². The third kappa shape index (κ3) is 0.963. The fraction of sp³-hybridized carbons (Fsp3) is 0.111. The second-order valence-electron chi connectivity index (χ2n) is 2.64. The molecule has 0 radical (unpaired) electrons. The van der Waals surface area contributed by atoms with Crippen molar-refractivity contribution in [3.63, 3.8) is 0 Å². The standard InChI is InChI=1S/C9H10N2/c10-9-6-11-5-7-3-1-2-4-8(7)9/h1-4,6,11H,5,10H2. The van der Waals surface area contributed by atoms with Gasteiger partial charge in [0.15, 0.2) is 0 Å². The highest BCUT2D eigenvalue weighted by Crippen LogP contribution is 2.17. The molecule has 0 fully saturated rings. The molecule has 1 heterocycles. The SMILES string of the molecule is NC1=CNCc2ccccc21. The van der Waals surface area contributed by atoms with E-state index in [0.717, 1.165) is 17.8 Å². The van der Waals surface area contributed by atoms with Gasteiger partial charge in [0.05, 0.1) is 5.70 Å². The van der Waals surface area contributed by atoms with Crippen LogP contribution in [0.4, 0.5) is 0 Å². The second kappa shape index (κ2) is 2.31. The van der Waals surface area contributed by atoms with E-state index in [-0.39, 0.29) is 0 Å². The van der Waals surface area contributed by atoms with Gasteiger partial charge in [0.2, 0.25) is 0 Å². The van der Waals surface area contributed by atoms with Gasteiger partial charge in [-0.3, -0.25) is 0 Å². The van der Waals surface area contributed by atoms with Crippen LogP contribution in [-0.2, 0) is 6.54 Å². The summed E-state index contributed by atoms with van der Waals surface area (Å²) in [5, 5.41) is 3.10. The normalized spacial score (nSPS) is 14.7. The molecule has 0 aromatic heterocycles. The van der Waals surface area contributed by atoms with Crippen LogP contribution < -0.4 is 11.1 Å². The van der Waals surface area contributed by atoms with E-state index in [1.54, 1.807) is 0 Å². The van der Waals surface area contributed by atoms with E-state index in [2.05, 4.69) is 11.4 Å². The zero-order valence-corrected chi connectivity index (χ0v) is 6.17. The number of fused-ring (bicyclic) bond motifs is 1. The molecule has 0 aliphatic carbocycles. The van der Waals surface area contributed by atoms with Crippen LogP contribution in [0.25, 0.3) is 5.70 Å². The van der Waals surface area contributed by atoms with Gasteiger partial charge in [0.1, 0.15) is 0 Å². The van der Waals surface area contributed by atoms with E-state index >= 15 is 0 Å². The summed E-state index contributed by atoms with van der Waals surface area (Å²) in [4.78, 5) is 0. The highest BCUT2D eigenvalue weighted by Gasteiger charge is 2.06. The molecular weight excluding hydrogens is 136 g/mol. The van der Waals surface area contributed by atoms with E-state index in [4.69, 9.17) is 5.73 Å². The van der Waals surface area contributed by atoms with Crippen LogP contribution in [0, 0.1) is 0 Å². The predicted octanol–water partition coefficient (Wildman–Crippen LogP) is 1.05. The molecule has 0 amide bonds. The largest absolute Gasteiger partial charge is 0.397 e. The molecule has 2 rings (SSSR count). The second-order valence-corrected chi connectivity index (χ2v) is 2.64. The average Bonchev–Trinajstić information content (AvgIpc) is 2.06. The Bertz CT molecular complexity index is 302. The molecule has 56 valence electrons. The Morgan fingerprint density at radius 1 is 1.27 bits per heavy atom. The van der Waals surface area contributed by atoms with E-state index in [9.17, 15) is 0 Å². The molecule has 0 saturated carbocycles. The molecule has 1 aliphatic heterocycles. The minimum Gasteiger partial charge on any atom is -0.397 e. The van der Waals surface area contributed by atoms with E-state index < -0.39 is 0 Å². The minimum atomic E-state index is 0.826. The van der Waals surface area contributed by atoms with Crippen molar-refractivity contribution in [1.82, 2.24) is 5.32 Å². The molecule has 0 unspecified atom stereocenters. The van der Waals surface area contributed by atoms with Gasteiger partial charge in [-0.2, -0.15) is 0 Å². The zero-order chi connectivity index (χ0) is 7.68. The molecular formula is C9H10N2. The van der Waals surface area contributed by atoms with E-state index in [1.807, 2.05) is 24.4 Å². The van der Waals surface area contributed by atoms with Crippen LogP contribution in [-0.4, -0.2) is 0 Å². The first-order chi connectivity index (χ1) is 5.38.